The fourth-order valence-electron chi connectivity index (χ4n) is 5.02. The minimum Gasteiger partial charge on any atom is -0.433 e. The highest BCUT2D eigenvalue weighted by atomic mass is 35.5. The van der Waals surface area contributed by atoms with Gasteiger partial charge >= 0.3 is 6.61 Å². The molecule has 2 aromatic carbocycles. The lowest BCUT2D eigenvalue weighted by molar-refractivity contribution is -0.0498. The Bertz CT molecular complexity index is 970. The summed E-state index contributed by atoms with van der Waals surface area (Å²) < 4.78 is 59.6. The Kier molecular flexibility index (Phi) is 6.61. The number of fused-ring (bicyclic) bond motifs is 1. The van der Waals surface area contributed by atoms with Crippen LogP contribution < -0.4 is 4.74 Å². The van der Waals surface area contributed by atoms with E-state index in [1.54, 1.807) is 6.08 Å². The predicted octanol–water partition coefficient (Wildman–Crippen LogP) is 8.39. The highest BCUT2D eigenvalue weighted by Crippen LogP contribution is 2.42. The Morgan fingerprint density at radius 1 is 1.03 bits per heavy atom. The first kappa shape index (κ1) is 22.2. The van der Waals surface area contributed by atoms with Crippen LogP contribution in [-0.2, 0) is 6.42 Å². The topological polar surface area (TPSA) is 9.23 Å². The number of hydrogen-bond donors (Lipinski definition) is 0. The molecule has 0 atom stereocenters. The summed E-state index contributed by atoms with van der Waals surface area (Å²) in [5, 5.41) is 0.0338. The molecular formula is C25H25ClF4O. The van der Waals surface area contributed by atoms with Gasteiger partial charge in [0.2, 0.25) is 0 Å². The van der Waals surface area contributed by atoms with Crippen LogP contribution in [0.5, 0.6) is 5.75 Å². The smallest absolute Gasteiger partial charge is 0.387 e. The van der Waals surface area contributed by atoms with Gasteiger partial charge in [0.15, 0.2) is 0 Å². The number of alkyl halides is 2. The number of halogens is 5. The molecule has 1 nitrogen and oxygen atoms in total. The fourth-order valence-corrected chi connectivity index (χ4v) is 5.23. The van der Waals surface area contributed by atoms with Crippen molar-refractivity contribution in [3.05, 3.63) is 63.2 Å². The summed E-state index contributed by atoms with van der Waals surface area (Å²) in [7, 11) is 0. The van der Waals surface area contributed by atoms with Crippen LogP contribution in [0.2, 0.25) is 5.02 Å². The lowest BCUT2D eigenvalue weighted by atomic mass is 9.77. The van der Waals surface area contributed by atoms with Gasteiger partial charge in [-0.25, -0.2) is 8.78 Å². The third kappa shape index (κ3) is 4.77. The second-order valence-corrected chi connectivity index (χ2v) is 8.98. The zero-order valence-corrected chi connectivity index (χ0v) is 18.1. The van der Waals surface area contributed by atoms with Gasteiger partial charge in [0.25, 0.3) is 0 Å². The minimum atomic E-state index is -3.00. The third-order valence-electron chi connectivity index (χ3n) is 6.52. The second-order valence-electron chi connectivity index (χ2n) is 8.57. The predicted molar refractivity (Wildman–Crippen MR) is 116 cm³/mol. The Labute approximate surface area is 185 Å². The van der Waals surface area contributed by atoms with Crippen LogP contribution in [0, 0.1) is 17.6 Å². The molecule has 0 amide bonds. The molecule has 2 aromatic rings. The van der Waals surface area contributed by atoms with Crippen LogP contribution >= 0.6 is 11.6 Å². The zero-order valence-electron chi connectivity index (χ0n) is 17.4. The quantitative estimate of drug-likeness (QED) is 0.400. The van der Waals surface area contributed by atoms with Gasteiger partial charge < -0.3 is 4.74 Å². The summed E-state index contributed by atoms with van der Waals surface area (Å²) in [6.45, 7) is -0.810. The molecule has 31 heavy (non-hydrogen) atoms. The summed E-state index contributed by atoms with van der Waals surface area (Å²) in [5.41, 5.74) is 2.42. The lowest BCUT2D eigenvalue weighted by Gasteiger charge is -2.29. The van der Waals surface area contributed by atoms with Crippen LogP contribution in [0.4, 0.5) is 17.6 Å². The number of hydrogen-bond acceptors (Lipinski definition) is 1. The lowest BCUT2D eigenvalue weighted by Crippen LogP contribution is -2.14. The van der Waals surface area contributed by atoms with E-state index in [0.717, 1.165) is 37.2 Å². The zero-order chi connectivity index (χ0) is 22.1. The van der Waals surface area contributed by atoms with Crippen LogP contribution in [-0.4, -0.2) is 6.61 Å². The molecule has 0 N–H and O–H groups in total. The standard InChI is InChI=1S/C25H25ClF4O/c1-2-3-14-4-6-15(7-5-14)18-11-21(27)24(22(28)12-18)19-8-16-10-20(26)23(31-25(29)30)13-17(16)9-19/h8,10-15,25H,2-7,9H2,1H3. The van der Waals surface area contributed by atoms with E-state index in [2.05, 4.69) is 11.7 Å². The molecule has 166 valence electrons. The van der Waals surface area contributed by atoms with Gasteiger partial charge in [0, 0.05) is 5.56 Å². The van der Waals surface area contributed by atoms with Gasteiger partial charge in [-0.05, 0) is 90.5 Å². The second kappa shape index (κ2) is 9.23. The molecule has 2 aliphatic rings. The molecule has 0 unspecified atom stereocenters. The van der Waals surface area contributed by atoms with Crippen molar-refractivity contribution in [2.24, 2.45) is 5.92 Å². The molecule has 1 saturated carbocycles. The van der Waals surface area contributed by atoms with E-state index in [0.29, 0.717) is 16.7 Å². The molecule has 2 aliphatic carbocycles. The summed E-state index contributed by atoms with van der Waals surface area (Å²) in [6.07, 6.45) is 8.40. The van der Waals surface area contributed by atoms with Crippen molar-refractivity contribution in [3.63, 3.8) is 0 Å². The van der Waals surface area contributed by atoms with Gasteiger partial charge in [-0.1, -0.05) is 37.4 Å². The molecule has 6 heteroatoms. The van der Waals surface area contributed by atoms with E-state index < -0.39 is 18.2 Å². The summed E-state index contributed by atoms with van der Waals surface area (Å²) in [4.78, 5) is 0. The molecule has 0 aliphatic heterocycles. The van der Waals surface area contributed by atoms with E-state index in [9.17, 15) is 8.78 Å². The first-order valence-electron chi connectivity index (χ1n) is 10.8. The van der Waals surface area contributed by atoms with Crippen LogP contribution in [0.1, 0.15) is 73.6 Å². The van der Waals surface area contributed by atoms with Crippen molar-refractivity contribution < 1.29 is 22.3 Å². The average Bonchev–Trinajstić information content (AvgIpc) is 3.10. The van der Waals surface area contributed by atoms with E-state index in [1.165, 1.54) is 37.1 Å². The molecular weight excluding hydrogens is 428 g/mol. The Balaban J connectivity index is 1.55. The largest absolute Gasteiger partial charge is 0.433 e. The van der Waals surface area contributed by atoms with E-state index in [-0.39, 0.29) is 28.7 Å². The van der Waals surface area contributed by atoms with Crippen LogP contribution in [0.15, 0.2) is 24.3 Å². The van der Waals surface area contributed by atoms with E-state index in [1.807, 2.05) is 0 Å². The monoisotopic (exact) mass is 452 g/mol. The molecule has 0 radical (unpaired) electrons. The van der Waals surface area contributed by atoms with Crippen LogP contribution in [0.25, 0.3) is 11.6 Å². The summed E-state index contributed by atoms with van der Waals surface area (Å²) >= 11 is 6.01. The average molecular weight is 453 g/mol. The SMILES string of the molecule is CCCC1CCC(c2cc(F)c(C3=Cc4cc(Cl)c(OC(F)F)cc4C3)c(F)c2)CC1. The van der Waals surface area contributed by atoms with Gasteiger partial charge in [0.1, 0.15) is 17.4 Å². The van der Waals surface area contributed by atoms with Gasteiger partial charge in [-0.3, -0.25) is 0 Å². The van der Waals surface area contributed by atoms with Gasteiger partial charge in [-0.2, -0.15) is 8.78 Å². The first-order chi connectivity index (χ1) is 14.9. The van der Waals surface area contributed by atoms with Gasteiger partial charge in [0.05, 0.1) is 5.02 Å². The fraction of sp³-hybridized carbons (Fsp3) is 0.440. The number of rotatable bonds is 6. The first-order valence-corrected chi connectivity index (χ1v) is 11.2. The highest BCUT2D eigenvalue weighted by Gasteiger charge is 2.26. The molecule has 0 heterocycles. The van der Waals surface area contributed by atoms with E-state index >= 15 is 8.78 Å². The molecule has 1 fully saturated rings. The maximum absolute atomic E-state index is 15.0. The van der Waals surface area contributed by atoms with Crippen molar-refractivity contribution in [1.29, 1.82) is 0 Å². The number of ether oxygens (including phenoxy) is 1. The molecule has 4 rings (SSSR count). The number of benzene rings is 2. The maximum Gasteiger partial charge on any atom is 0.387 e. The highest BCUT2D eigenvalue weighted by molar-refractivity contribution is 6.32. The third-order valence-corrected chi connectivity index (χ3v) is 6.82. The van der Waals surface area contributed by atoms with Crippen LogP contribution in [0.3, 0.4) is 0 Å². The van der Waals surface area contributed by atoms with Crippen molar-refractivity contribution in [3.8, 4) is 5.75 Å². The van der Waals surface area contributed by atoms with E-state index in [4.69, 9.17) is 11.6 Å². The molecule has 0 spiro atoms. The molecule has 0 aromatic heterocycles. The number of allylic oxidation sites excluding steroid dienone is 1. The minimum absolute atomic E-state index is 0.0338. The molecule has 0 bridgehead atoms. The van der Waals surface area contributed by atoms with Crippen molar-refractivity contribution in [2.75, 3.05) is 0 Å². The summed E-state index contributed by atoms with van der Waals surface area (Å²) in [6, 6.07) is 5.82. The Hall–Kier alpha value is -2.01. The van der Waals surface area contributed by atoms with Gasteiger partial charge in [-0.15, -0.1) is 0 Å². The van der Waals surface area contributed by atoms with Crippen molar-refractivity contribution >= 4 is 23.3 Å². The summed E-state index contributed by atoms with van der Waals surface area (Å²) in [5.74, 6) is -0.392. The van der Waals surface area contributed by atoms with Crippen molar-refractivity contribution in [1.82, 2.24) is 0 Å². The maximum atomic E-state index is 15.0. The van der Waals surface area contributed by atoms with Crippen molar-refractivity contribution in [2.45, 2.75) is 64.4 Å². The normalized spacial score (nSPS) is 20.7. The Morgan fingerprint density at radius 2 is 1.71 bits per heavy atom. The Morgan fingerprint density at radius 3 is 2.32 bits per heavy atom. The molecule has 0 saturated heterocycles.